The summed E-state index contributed by atoms with van der Waals surface area (Å²) in [6.45, 7) is 3.35. The summed E-state index contributed by atoms with van der Waals surface area (Å²) in [5.41, 5.74) is 4.52. The monoisotopic (exact) mass is 346 g/mol. The van der Waals surface area contributed by atoms with Crippen LogP contribution in [0.4, 0.5) is 15.8 Å². The number of rotatable bonds is 4. The van der Waals surface area contributed by atoms with E-state index in [0.717, 1.165) is 0 Å². The van der Waals surface area contributed by atoms with E-state index in [1.54, 1.807) is 44.2 Å². The van der Waals surface area contributed by atoms with Crippen LogP contribution in [-0.2, 0) is 0 Å². The van der Waals surface area contributed by atoms with Crippen LogP contribution in [0, 0.1) is 22.9 Å². The summed E-state index contributed by atoms with van der Waals surface area (Å²) in [5.74, 6) is -0.434. The molecule has 0 saturated carbocycles. The molecule has 0 aliphatic heterocycles. The number of halogens is 1. The Kier molecular flexibility index (Phi) is 5.54. The number of aryl methyl sites for hydroxylation is 1. The Morgan fingerprint density at radius 2 is 2.00 bits per heavy atom. The zero-order valence-corrected chi connectivity index (χ0v) is 13.9. The maximum absolute atomic E-state index is 13.5. The van der Waals surface area contributed by atoms with Crippen molar-refractivity contribution in [1.29, 1.82) is 0 Å². The first kappa shape index (κ1) is 17.5. The van der Waals surface area contributed by atoms with Gasteiger partial charge in [-0.25, -0.2) is 4.39 Å². The smallest absolute Gasteiger partial charge is 0.272 e. The van der Waals surface area contributed by atoms with E-state index in [-0.39, 0.29) is 16.5 Å². The molecule has 24 heavy (non-hydrogen) atoms. The highest BCUT2D eigenvalue weighted by Crippen LogP contribution is 2.19. The van der Waals surface area contributed by atoms with E-state index in [1.165, 1.54) is 12.1 Å². The molecule has 0 unspecified atom stereocenters. The van der Waals surface area contributed by atoms with Gasteiger partial charge in [0.05, 0.1) is 16.3 Å². The number of nitro benzene ring substituents is 1. The van der Waals surface area contributed by atoms with Gasteiger partial charge in [-0.2, -0.15) is 5.10 Å². The molecule has 124 valence electrons. The molecule has 0 saturated heterocycles. The normalized spacial score (nSPS) is 11.0. The van der Waals surface area contributed by atoms with Crippen molar-refractivity contribution < 1.29 is 9.31 Å². The molecular weight excluding hydrogens is 331 g/mol. The quantitative estimate of drug-likeness (QED) is 0.381. The Morgan fingerprint density at radius 1 is 1.29 bits per heavy atom. The molecule has 0 aromatic heterocycles. The van der Waals surface area contributed by atoms with Crippen molar-refractivity contribution in [1.82, 2.24) is 5.43 Å². The number of para-hydroxylation sites is 1. The number of nitro groups is 1. The Morgan fingerprint density at radius 3 is 2.67 bits per heavy atom. The third kappa shape index (κ3) is 4.32. The van der Waals surface area contributed by atoms with Crippen LogP contribution >= 0.6 is 12.2 Å². The maximum Gasteiger partial charge on any atom is 0.272 e. The molecule has 8 heteroatoms. The van der Waals surface area contributed by atoms with Gasteiger partial charge in [-0.15, -0.1) is 0 Å². The van der Waals surface area contributed by atoms with Crippen LogP contribution in [0.5, 0.6) is 0 Å². The summed E-state index contributed by atoms with van der Waals surface area (Å²) in [4.78, 5) is 10.5. The van der Waals surface area contributed by atoms with Gasteiger partial charge in [0.15, 0.2) is 5.11 Å². The number of thiocarbonyl (C=S) groups is 1. The minimum absolute atomic E-state index is 0.0223. The molecule has 2 aromatic carbocycles. The molecule has 0 spiro atoms. The topological polar surface area (TPSA) is 79.6 Å². The number of nitrogens with one attached hydrogen (secondary N) is 2. The Bertz CT molecular complexity index is 823. The van der Waals surface area contributed by atoms with E-state index >= 15 is 0 Å². The molecule has 0 fully saturated rings. The number of nitrogens with zero attached hydrogens (tertiary/aromatic N) is 2. The molecule has 2 N–H and O–H groups in total. The predicted octanol–water partition coefficient (Wildman–Crippen LogP) is 3.75. The first-order valence-corrected chi connectivity index (χ1v) is 7.40. The van der Waals surface area contributed by atoms with Crippen LogP contribution < -0.4 is 10.7 Å². The summed E-state index contributed by atoms with van der Waals surface area (Å²) in [6.07, 6.45) is 0. The van der Waals surface area contributed by atoms with Crippen LogP contribution in [0.25, 0.3) is 0 Å². The van der Waals surface area contributed by atoms with Crippen LogP contribution in [0.15, 0.2) is 47.6 Å². The summed E-state index contributed by atoms with van der Waals surface area (Å²) >= 11 is 5.05. The fraction of sp³-hybridized carbons (Fsp3) is 0.125. The summed E-state index contributed by atoms with van der Waals surface area (Å²) < 4.78 is 13.5. The molecule has 0 radical (unpaired) electrons. The molecule has 0 amide bonds. The molecule has 0 heterocycles. The molecule has 2 rings (SSSR count). The first-order chi connectivity index (χ1) is 11.4. The van der Waals surface area contributed by atoms with Gasteiger partial charge in [-0.05, 0) is 38.2 Å². The van der Waals surface area contributed by atoms with Crippen molar-refractivity contribution in [2.45, 2.75) is 13.8 Å². The predicted molar refractivity (Wildman–Crippen MR) is 95.8 cm³/mol. The van der Waals surface area contributed by atoms with E-state index in [1.807, 2.05) is 0 Å². The molecular formula is C16H15FN4O2S. The highest BCUT2D eigenvalue weighted by molar-refractivity contribution is 7.80. The van der Waals surface area contributed by atoms with Gasteiger partial charge in [-0.1, -0.05) is 24.3 Å². The number of benzene rings is 2. The van der Waals surface area contributed by atoms with Crippen LogP contribution in [0.2, 0.25) is 0 Å². The summed E-state index contributed by atoms with van der Waals surface area (Å²) in [5, 5.41) is 17.8. The molecule has 0 aliphatic carbocycles. The Balaban J connectivity index is 2.09. The lowest BCUT2D eigenvalue weighted by Gasteiger charge is -2.09. The van der Waals surface area contributed by atoms with Crippen molar-refractivity contribution in [3.8, 4) is 0 Å². The van der Waals surface area contributed by atoms with E-state index in [2.05, 4.69) is 15.8 Å². The second-order valence-electron chi connectivity index (χ2n) is 5.00. The second kappa shape index (κ2) is 7.60. The lowest BCUT2D eigenvalue weighted by molar-refractivity contribution is -0.385. The SMILES string of the molecule is C/C(=N/NC(=S)Nc1ccccc1F)c1ccc(C)c([N+](=O)[O-])c1. The number of anilines is 1. The van der Waals surface area contributed by atoms with Gasteiger partial charge in [0, 0.05) is 17.2 Å². The molecule has 6 nitrogen and oxygen atoms in total. The van der Waals surface area contributed by atoms with Crippen molar-refractivity contribution >= 4 is 34.4 Å². The largest absolute Gasteiger partial charge is 0.329 e. The maximum atomic E-state index is 13.5. The summed E-state index contributed by atoms with van der Waals surface area (Å²) in [7, 11) is 0. The lowest BCUT2D eigenvalue weighted by Crippen LogP contribution is -2.25. The van der Waals surface area contributed by atoms with Gasteiger partial charge in [0.1, 0.15) is 5.82 Å². The van der Waals surface area contributed by atoms with Crippen molar-refractivity contribution in [2.24, 2.45) is 5.10 Å². The number of hydrazone groups is 1. The fourth-order valence-corrected chi connectivity index (χ4v) is 2.10. The van der Waals surface area contributed by atoms with E-state index in [0.29, 0.717) is 16.8 Å². The zero-order valence-electron chi connectivity index (χ0n) is 13.0. The zero-order chi connectivity index (χ0) is 17.7. The van der Waals surface area contributed by atoms with Crippen molar-refractivity contribution in [3.05, 3.63) is 69.5 Å². The highest BCUT2D eigenvalue weighted by atomic mass is 32.1. The third-order valence-electron chi connectivity index (χ3n) is 3.27. The van der Waals surface area contributed by atoms with Gasteiger partial charge in [0.25, 0.3) is 5.69 Å². The number of hydrogen-bond acceptors (Lipinski definition) is 4. The van der Waals surface area contributed by atoms with Gasteiger partial charge in [0.2, 0.25) is 0 Å². The molecule has 0 atom stereocenters. The van der Waals surface area contributed by atoms with E-state index in [4.69, 9.17) is 12.2 Å². The fourth-order valence-electron chi connectivity index (χ4n) is 1.94. The minimum atomic E-state index is -0.441. The number of hydrogen-bond donors (Lipinski definition) is 2. The highest BCUT2D eigenvalue weighted by Gasteiger charge is 2.12. The molecule has 0 bridgehead atoms. The van der Waals surface area contributed by atoms with Crippen molar-refractivity contribution in [2.75, 3.05) is 5.32 Å². The van der Waals surface area contributed by atoms with Crippen LogP contribution in [0.3, 0.4) is 0 Å². The van der Waals surface area contributed by atoms with Gasteiger partial charge >= 0.3 is 0 Å². The van der Waals surface area contributed by atoms with Crippen LogP contribution in [-0.4, -0.2) is 15.7 Å². The van der Waals surface area contributed by atoms with E-state index in [9.17, 15) is 14.5 Å². The molecule has 2 aromatic rings. The second-order valence-corrected chi connectivity index (χ2v) is 5.41. The van der Waals surface area contributed by atoms with Crippen LogP contribution in [0.1, 0.15) is 18.1 Å². The first-order valence-electron chi connectivity index (χ1n) is 6.99. The van der Waals surface area contributed by atoms with E-state index < -0.39 is 10.7 Å². The van der Waals surface area contributed by atoms with Gasteiger partial charge in [-0.3, -0.25) is 15.5 Å². The van der Waals surface area contributed by atoms with Crippen molar-refractivity contribution in [3.63, 3.8) is 0 Å². The average molecular weight is 346 g/mol. The lowest BCUT2D eigenvalue weighted by atomic mass is 10.1. The Labute approximate surface area is 143 Å². The van der Waals surface area contributed by atoms with Gasteiger partial charge < -0.3 is 5.32 Å². The summed E-state index contributed by atoms with van der Waals surface area (Å²) in [6, 6.07) is 10.9. The standard InChI is InChI=1S/C16H15FN4O2S/c1-10-7-8-12(9-15(10)21(22)23)11(2)19-20-16(24)18-14-6-4-3-5-13(14)17/h3-9H,1-2H3,(H2,18,20,24)/b19-11-. The Hall–Kier alpha value is -2.87. The third-order valence-corrected chi connectivity index (χ3v) is 3.46. The molecule has 0 aliphatic rings. The average Bonchev–Trinajstić information content (AvgIpc) is 2.55. The minimum Gasteiger partial charge on any atom is -0.329 e.